The van der Waals surface area contributed by atoms with Crippen molar-refractivity contribution in [3.63, 3.8) is 0 Å². The number of hydrogen-bond donors (Lipinski definition) is 1. The minimum Gasteiger partial charge on any atom is -0.497 e. The molecule has 0 fully saturated rings. The van der Waals surface area contributed by atoms with Crippen LogP contribution in [0.5, 0.6) is 5.75 Å². The van der Waals surface area contributed by atoms with Gasteiger partial charge in [0.25, 0.3) is 5.91 Å². The second-order valence-electron chi connectivity index (χ2n) is 6.02. The highest BCUT2D eigenvalue weighted by Crippen LogP contribution is 2.21. The molecule has 1 N–H and O–H groups in total. The van der Waals surface area contributed by atoms with Gasteiger partial charge in [0.2, 0.25) is 0 Å². The van der Waals surface area contributed by atoms with Crippen molar-refractivity contribution in [1.82, 2.24) is 5.32 Å². The number of esters is 1. The molecular formula is C21H25NO4. The molecule has 0 bridgehead atoms. The first-order valence-corrected chi connectivity index (χ1v) is 8.71. The van der Waals surface area contributed by atoms with Crippen LogP contribution >= 0.6 is 0 Å². The maximum atomic E-state index is 12.4. The Balaban J connectivity index is 1.87. The van der Waals surface area contributed by atoms with E-state index < -0.39 is 6.10 Å². The van der Waals surface area contributed by atoms with Gasteiger partial charge in [-0.3, -0.25) is 9.59 Å². The molecule has 0 aliphatic rings. The molecule has 5 nitrogen and oxygen atoms in total. The number of ether oxygens (including phenoxy) is 2. The van der Waals surface area contributed by atoms with E-state index in [9.17, 15) is 9.59 Å². The molecule has 2 rings (SSSR count). The Labute approximate surface area is 154 Å². The van der Waals surface area contributed by atoms with Crippen molar-refractivity contribution in [2.45, 2.75) is 38.8 Å². The lowest BCUT2D eigenvalue weighted by Gasteiger charge is -2.18. The van der Waals surface area contributed by atoms with E-state index in [1.165, 1.54) is 0 Å². The summed E-state index contributed by atoms with van der Waals surface area (Å²) in [5, 5.41) is 2.78. The summed E-state index contributed by atoms with van der Waals surface area (Å²) in [5.41, 5.74) is 1.83. The Bertz CT molecular complexity index is 713. The number of carbonyl (C=O) groups is 2. The van der Waals surface area contributed by atoms with Crippen LogP contribution in [0.25, 0.3) is 0 Å². The van der Waals surface area contributed by atoms with Crippen LogP contribution in [0, 0.1) is 0 Å². The van der Waals surface area contributed by atoms with Crippen molar-refractivity contribution < 1.29 is 19.1 Å². The fraction of sp³-hybridized carbons (Fsp3) is 0.333. The fourth-order valence-corrected chi connectivity index (χ4v) is 2.61. The van der Waals surface area contributed by atoms with Crippen LogP contribution in [0.4, 0.5) is 0 Å². The number of hydrogen-bond acceptors (Lipinski definition) is 4. The predicted octanol–water partition coefficient (Wildman–Crippen LogP) is 3.44. The second-order valence-corrected chi connectivity index (χ2v) is 6.02. The quantitative estimate of drug-likeness (QED) is 0.737. The molecular weight excluding hydrogens is 330 g/mol. The average molecular weight is 355 g/mol. The molecule has 2 aromatic rings. The minimum atomic E-state index is -0.849. The molecule has 0 aromatic heterocycles. The molecule has 0 aliphatic carbocycles. The van der Waals surface area contributed by atoms with Crippen LogP contribution in [0.3, 0.4) is 0 Å². The Kier molecular flexibility index (Phi) is 7.21. The van der Waals surface area contributed by atoms with E-state index in [4.69, 9.17) is 9.47 Å². The van der Waals surface area contributed by atoms with Gasteiger partial charge in [0.1, 0.15) is 5.75 Å². The van der Waals surface area contributed by atoms with Crippen molar-refractivity contribution in [2.24, 2.45) is 0 Å². The third-order valence-electron chi connectivity index (χ3n) is 4.18. The second kappa shape index (κ2) is 9.61. The first-order valence-electron chi connectivity index (χ1n) is 8.71. The number of methoxy groups -OCH3 is 1. The number of amides is 1. The van der Waals surface area contributed by atoms with Crippen molar-refractivity contribution in [3.05, 3.63) is 65.7 Å². The standard InChI is InChI=1S/C21H25NO4/c1-4-19(17-8-6-5-7-9-17)21(24)26-15(2)20(23)22-14-16-10-12-18(25-3)13-11-16/h5-13,15,19H,4,14H2,1-3H3,(H,22,23)/t15-,19-/m0/s1. The summed E-state index contributed by atoms with van der Waals surface area (Å²) >= 11 is 0. The lowest BCUT2D eigenvalue weighted by molar-refractivity contribution is -0.156. The number of nitrogens with one attached hydrogen (secondary N) is 1. The first kappa shape index (κ1) is 19.5. The van der Waals surface area contributed by atoms with E-state index in [1.807, 2.05) is 61.5 Å². The van der Waals surface area contributed by atoms with Gasteiger partial charge in [-0.1, -0.05) is 49.4 Å². The summed E-state index contributed by atoms with van der Waals surface area (Å²) in [6.45, 7) is 3.87. The molecule has 0 heterocycles. The summed E-state index contributed by atoms with van der Waals surface area (Å²) in [4.78, 5) is 24.6. The van der Waals surface area contributed by atoms with Crippen LogP contribution in [0.2, 0.25) is 0 Å². The van der Waals surface area contributed by atoms with E-state index >= 15 is 0 Å². The predicted molar refractivity (Wildman–Crippen MR) is 99.9 cm³/mol. The van der Waals surface area contributed by atoms with Gasteiger partial charge in [0, 0.05) is 6.54 Å². The van der Waals surface area contributed by atoms with Gasteiger partial charge in [-0.15, -0.1) is 0 Å². The van der Waals surface area contributed by atoms with Crippen LogP contribution < -0.4 is 10.1 Å². The van der Waals surface area contributed by atoms with Crippen LogP contribution in [0.15, 0.2) is 54.6 Å². The Hall–Kier alpha value is -2.82. The van der Waals surface area contributed by atoms with Gasteiger partial charge in [-0.25, -0.2) is 0 Å². The topological polar surface area (TPSA) is 64.6 Å². The average Bonchev–Trinajstić information content (AvgIpc) is 2.67. The highest BCUT2D eigenvalue weighted by atomic mass is 16.5. The Morgan fingerprint density at radius 3 is 2.27 bits per heavy atom. The van der Waals surface area contributed by atoms with E-state index in [-0.39, 0.29) is 17.8 Å². The molecule has 1 amide bonds. The van der Waals surface area contributed by atoms with Crippen molar-refractivity contribution in [2.75, 3.05) is 7.11 Å². The highest BCUT2D eigenvalue weighted by Gasteiger charge is 2.24. The molecule has 0 aliphatic heterocycles. The monoisotopic (exact) mass is 355 g/mol. The molecule has 5 heteroatoms. The normalized spacial score (nSPS) is 12.7. The molecule has 138 valence electrons. The maximum absolute atomic E-state index is 12.4. The number of carbonyl (C=O) groups excluding carboxylic acids is 2. The van der Waals surface area contributed by atoms with Gasteiger partial charge >= 0.3 is 5.97 Å². The van der Waals surface area contributed by atoms with Crippen molar-refractivity contribution in [1.29, 1.82) is 0 Å². The molecule has 26 heavy (non-hydrogen) atoms. The van der Waals surface area contributed by atoms with E-state index in [1.54, 1.807) is 14.0 Å². The third-order valence-corrected chi connectivity index (χ3v) is 4.18. The Morgan fingerprint density at radius 1 is 1.04 bits per heavy atom. The Morgan fingerprint density at radius 2 is 1.69 bits per heavy atom. The largest absolute Gasteiger partial charge is 0.497 e. The lowest BCUT2D eigenvalue weighted by Crippen LogP contribution is -2.36. The van der Waals surface area contributed by atoms with Gasteiger partial charge in [-0.2, -0.15) is 0 Å². The van der Waals surface area contributed by atoms with E-state index in [2.05, 4.69) is 5.32 Å². The number of rotatable bonds is 8. The highest BCUT2D eigenvalue weighted by molar-refractivity contribution is 5.85. The van der Waals surface area contributed by atoms with Crippen molar-refractivity contribution in [3.8, 4) is 5.75 Å². The van der Waals surface area contributed by atoms with Crippen LogP contribution in [-0.4, -0.2) is 25.1 Å². The summed E-state index contributed by atoms with van der Waals surface area (Å²) in [6.07, 6.45) is -0.234. The van der Waals surface area contributed by atoms with Crippen molar-refractivity contribution >= 4 is 11.9 Å². The molecule has 0 spiro atoms. The van der Waals surface area contributed by atoms with E-state index in [0.717, 1.165) is 16.9 Å². The SMILES string of the molecule is CC[C@H](C(=O)O[C@@H](C)C(=O)NCc1ccc(OC)cc1)c1ccccc1. The van der Waals surface area contributed by atoms with Gasteiger partial charge < -0.3 is 14.8 Å². The number of benzene rings is 2. The zero-order valence-electron chi connectivity index (χ0n) is 15.4. The van der Waals surface area contributed by atoms with Crippen LogP contribution in [-0.2, 0) is 20.9 Å². The summed E-state index contributed by atoms with van der Waals surface area (Å²) in [6, 6.07) is 16.9. The molecule has 2 atom stereocenters. The van der Waals surface area contributed by atoms with Gasteiger partial charge in [-0.05, 0) is 36.6 Å². The van der Waals surface area contributed by atoms with Gasteiger partial charge in [0.15, 0.2) is 6.10 Å². The van der Waals surface area contributed by atoms with Gasteiger partial charge in [0.05, 0.1) is 13.0 Å². The summed E-state index contributed by atoms with van der Waals surface area (Å²) < 4.78 is 10.5. The minimum absolute atomic E-state index is 0.322. The van der Waals surface area contributed by atoms with E-state index in [0.29, 0.717) is 13.0 Å². The van der Waals surface area contributed by atoms with Crippen LogP contribution in [0.1, 0.15) is 37.3 Å². The summed E-state index contributed by atoms with van der Waals surface area (Å²) in [7, 11) is 1.60. The molecule has 0 saturated heterocycles. The third kappa shape index (κ3) is 5.34. The maximum Gasteiger partial charge on any atom is 0.314 e. The molecule has 0 unspecified atom stereocenters. The zero-order valence-corrected chi connectivity index (χ0v) is 15.4. The summed E-state index contributed by atoms with van der Waals surface area (Å²) in [5.74, 6) is -0.315. The smallest absolute Gasteiger partial charge is 0.314 e. The zero-order chi connectivity index (χ0) is 18.9. The fourth-order valence-electron chi connectivity index (χ4n) is 2.61. The molecule has 0 radical (unpaired) electrons. The molecule has 0 saturated carbocycles. The molecule has 2 aromatic carbocycles. The first-order chi connectivity index (χ1) is 12.5. The lowest BCUT2D eigenvalue weighted by atomic mass is 9.97.